The van der Waals surface area contributed by atoms with Crippen molar-refractivity contribution in [2.45, 2.75) is 31.0 Å². The third-order valence-corrected chi connectivity index (χ3v) is 5.99. The van der Waals surface area contributed by atoms with Crippen molar-refractivity contribution in [1.82, 2.24) is 20.1 Å². The summed E-state index contributed by atoms with van der Waals surface area (Å²) >= 11 is 7.47. The van der Waals surface area contributed by atoms with Gasteiger partial charge in [-0.3, -0.25) is 14.2 Å². The fourth-order valence-electron chi connectivity index (χ4n) is 2.83. The van der Waals surface area contributed by atoms with Gasteiger partial charge in [0, 0.05) is 11.1 Å². The Morgan fingerprint density at radius 3 is 2.80 bits per heavy atom. The topological polar surface area (TPSA) is 88.9 Å². The molecule has 154 valence electrons. The lowest BCUT2D eigenvalue weighted by atomic mass is 10.1. The fourth-order valence-corrected chi connectivity index (χ4v) is 3.73. The van der Waals surface area contributed by atoms with Gasteiger partial charge in [0.1, 0.15) is 6.33 Å². The highest BCUT2D eigenvalue weighted by molar-refractivity contribution is 7.99. The molecule has 1 heterocycles. The molecule has 7 nitrogen and oxygen atoms in total. The highest BCUT2D eigenvalue weighted by Gasteiger charge is 2.25. The van der Waals surface area contributed by atoms with Crippen molar-refractivity contribution in [1.29, 1.82) is 0 Å². The Hall–Kier alpha value is -2.84. The lowest BCUT2D eigenvalue weighted by molar-refractivity contribution is -0.113. The molecule has 1 aromatic heterocycles. The van der Waals surface area contributed by atoms with Crippen LogP contribution in [0.1, 0.15) is 28.8 Å². The molecule has 3 aromatic rings. The van der Waals surface area contributed by atoms with Gasteiger partial charge in [-0.15, -0.1) is 10.2 Å². The van der Waals surface area contributed by atoms with Crippen LogP contribution in [0.2, 0.25) is 5.02 Å². The second-order valence-electron chi connectivity index (χ2n) is 7.05. The predicted octanol–water partition coefficient (Wildman–Crippen LogP) is 3.85. The van der Waals surface area contributed by atoms with Crippen LogP contribution in [0.4, 0.5) is 5.69 Å². The molecule has 1 fully saturated rings. The second-order valence-corrected chi connectivity index (χ2v) is 8.40. The number of benzene rings is 2. The number of nitrogens with one attached hydrogen (secondary N) is 2. The standard InChI is InChI=1S/C21H20ClN5O2S/c1-13-6-9-15(10-17(13)22)27-12-23-26-21(27)30-11-19(28)25-18-5-3-2-4-16(18)20(29)24-14-7-8-14/h2-6,9-10,12,14H,7-8,11H2,1H3,(H,24,29)(H,25,28). The number of nitrogens with zero attached hydrogens (tertiary/aromatic N) is 3. The highest BCUT2D eigenvalue weighted by Crippen LogP contribution is 2.25. The Balaban J connectivity index is 1.41. The van der Waals surface area contributed by atoms with E-state index in [1.807, 2.05) is 25.1 Å². The molecule has 0 radical (unpaired) electrons. The molecule has 2 N–H and O–H groups in total. The molecule has 9 heteroatoms. The Morgan fingerprint density at radius 2 is 2.03 bits per heavy atom. The number of aromatic nitrogens is 3. The van der Waals surface area contributed by atoms with Gasteiger partial charge in [-0.2, -0.15) is 0 Å². The summed E-state index contributed by atoms with van der Waals surface area (Å²) in [6.45, 7) is 1.93. The third kappa shape index (κ3) is 4.83. The number of hydrogen-bond acceptors (Lipinski definition) is 5. The molecule has 1 saturated carbocycles. The average molecular weight is 442 g/mol. The minimum atomic E-state index is -0.233. The van der Waals surface area contributed by atoms with E-state index >= 15 is 0 Å². The van der Waals surface area contributed by atoms with E-state index < -0.39 is 0 Å². The highest BCUT2D eigenvalue weighted by atomic mass is 35.5. The van der Waals surface area contributed by atoms with Crippen LogP contribution in [0.15, 0.2) is 53.9 Å². The maximum Gasteiger partial charge on any atom is 0.253 e. The lowest BCUT2D eigenvalue weighted by Gasteiger charge is -2.11. The number of rotatable bonds is 7. The maximum absolute atomic E-state index is 12.5. The molecule has 0 saturated heterocycles. The number of amides is 2. The molecule has 0 unspecified atom stereocenters. The summed E-state index contributed by atoms with van der Waals surface area (Å²) < 4.78 is 1.78. The molecule has 4 rings (SSSR count). The lowest BCUT2D eigenvalue weighted by Crippen LogP contribution is -2.27. The molecule has 0 bridgehead atoms. The minimum Gasteiger partial charge on any atom is -0.349 e. The zero-order chi connectivity index (χ0) is 21.1. The van der Waals surface area contributed by atoms with E-state index in [0.717, 1.165) is 24.1 Å². The second kappa shape index (κ2) is 8.89. The monoisotopic (exact) mass is 441 g/mol. The van der Waals surface area contributed by atoms with E-state index in [1.54, 1.807) is 35.2 Å². The van der Waals surface area contributed by atoms with Crippen LogP contribution in [-0.2, 0) is 4.79 Å². The van der Waals surface area contributed by atoms with E-state index in [0.29, 0.717) is 21.4 Å². The number of carbonyl (C=O) groups excluding carboxylic acids is 2. The summed E-state index contributed by atoms with van der Waals surface area (Å²) in [5, 5.41) is 15.0. The molecule has 0 spiro atoms. The minimum absolute atomic E-state index is 0.122. The number of aryl methyl sites for hydroxylation is 1. The molecule has 0 aliphatic heterocycles. The van der Waals surface area contributed by atoms with Crippen molar-refractivity contribution >= 4 is 40.9 Å². The first kappa shape index (κ1) is 20.4. The molecule has 30 heavy (non-hydrogen) atoms. The SMILES string of the molecule is Cc1ccc(-n2cnnc2SCC(=O)Nc2ccccc2C(=O)NC2CC2)cc1Cl. The molecule has 1 aliphatic rings. The van der Waals surface area contributed by atoms with Gasteiger partial charge in [0.25, 0.3) is 5.91 Å². The first-order chi connectivity index (χ1) is 14.5. The fraction of sp³-hybridized carbons (Fsp3) is 0.238. The third-order valence-electron chi connectivity index (χ3n) is 4.64. The van der Waals surface area contributed by atoms with Crippen LogP contribution in [-0.4, -0.2) is 38.4 Å². The molecule has 2 aromatic carbocycles. The van der Waals surface area contributed by atoms with Crippen LogP contribution < -0.4 is 10.6 Å². The number of para-hydroxylation sites is 1. The Labute approximate surface area is 183 Å². The largest absolute Gasteiger partial charge is 0.349 e. The van der Waals surface area contributed by atoms with Crippen molar-refractivity contribution in [2.75, 3.05) is 11.1 Å². The van der Waals surface area contributed by atoms with Crippen LogP contribution in [0, 0.1) is 6.92 Å². The molecule has 1 aliphatic carbocycles. The number of thioether (sulfide) groups is 1. The van der Waals surface area contributed by atoms with Gasteiger partial charge in [0.15, 0.2) is 5.16 Å². The smallest absolute Gasteiger partial charge is 0.253 e. The summed E-state index contributed by atoms with van der Waals surface area (Å²) in [5.74, 6) is -0.281. The molecule has 0 atom stereocenters. The van der Waals surface area contributed by atoms with Gasteiger partial charge in [-0.1, -0.05) is 41.6 Å². The van der Waals surface area contributed by atoms with Gasteiger partial charge in [0.05, 0.1) is 22.7 Å². The predicted molar refractivity (Wildman–Crippen MR) is 117 cm³/mol. The molecule has 2 amide bonds. The summed E-state index contributed by atoms with van der Waals surface area (Å²) in [7, 11) is 0. The average Bonchev–Trinajstić information content (AvgIpc) is 3.42. The van der Waals surface area contributed by atoms with Crippen molar-refractivity contribution in [3.8, 4) is 5.69 Å². The summed E-state index contributed by atoms with van der Waals surface area (Å²) in [4.78, 5) is 24.9. The normalized spacial score (nSPS) is 13.1. The quantitative estimate of drug-likeness (QED) is 0.543. The van der Waals surface area contributed by atoms with Gasteiger partial charge < -0.3 is 10.6 Å². The Bertz CT molecular complexity index is 1100. The van der Waals surface area contributed by atoms with Gasteiger partial charge in [-0.25, -0.2) is 0 Å². The van der Waals surface area contributed by atoms with Gasteiger partial charge >= 0.3 is 0 Å². The van der Waals surface area contributed by atoms with Crippen LogP contribution in [0.5, 0.6) is 0 Å². The summed E-state index contributed by atoms with van der Waals surface area (Å²) in [6, 6.07) is 12.9. The molecular formula is C21H20ClN5O2S. The zero-order valence-corrected chi connectivity index (χ0v) is 17.8. The van der Waals surface area contributed by atoms with Gasteiger partial charge in [0.2, 0.25) is 5.91 Å². The zero-order valence-electron chi connectivity index (χ0n) is 16.3. The molecular weight excluding hydrogens is 422 g/mol. The van der Waals surface area contributed by atoms with Crippen LogP contribution >= 0.6 is 23.4 Å². The van der Waals surface area contributed by atoms with E-state index in [1.165, 1.54) is 11.8 Å². The van der Waals surface area contributed by atoms with E-state index in [4.69, 9.17) is 11.6 Å². The number of carbonyl (C=O) groups is 2. The van der Waals surface area contributed by atoms with E-state index in [2.05, 4.69) is 20.8 Å². The number of halogens is 1. The van der Waals surface area contributed by atoms with Crippen LogP contribution in [0.25, 0.3) is 5.69 Å². The van der Waals surface area contributed by atoms with E-state index in [-0.39, 0.29) is 23.6 Å². The number of anilines is 1. The Morgan fingerprint density at radius 1 is 1.23 bits per heavy atom. The maximum atomic E-state index is 12.5. The first-order valence-electron chi connectivity index (χ1n) is 9.50. The van der Waals surface area contributed by atoms with Crippen molar-refractivity contribution < 1.29 is 9.59 Å². The summed E-state index contributed by atoms with van der Waals surface area (Å²) in [6.07, 6.45) is 3.59. The number of hydrogen-bond donors (Lipinski definition) is 2. The summed E-state index contributed by atoms with van der Waals surface area (Å²) in [5.41, 5.74) is 2.75. The Kier molecular flexibility index (Phi) is 6.06. The first-order valence-corrected chi connectivity index (χ1v) is 10.9. The van der Waals surface area contributed by atoms with Gasteiger partial charge in [-0.05, 0) is 49.6 Å². The van der Waals surface area contributed by atoms with E-state index in [9.17, 15) is 9.59 Å². The van der Waals surface area contributed by atoms with Crippen molar-refractivity contribution in [2.24, 2.45) is 0 Å². The van der Waals surface area contributed by atoms with Crippen molar-refractivity contribution in [3.63, 3.8) is 0 Å². The van der Waals surface area contributed by atoms with Crippen LogP contribution in [0.3, 0.4) is 0 Å². The van der Waals surface area contributed by atoms with Crippen molar-refractivity contribution in [3.05, 3.63) is 64.9 Å².